The number of hydrogen-bond donors (Lipinski definition) is 2. The maximum atomic E-state index is 13.4. The van der Waals surface area contributed by atoms with Crippen LogP contribution < -0.4 is 10.0 Å². The Kier molecular flexibility index (Phi) is 6.04. The van der Waals surface area contributed by atoms with Crippen LogP contribution in [0.2, 0.25) is 0 Å². The zero-order valence-electron chi connectivity index (χ0n) is 10.0. The summed E-state index contributed by atoms with van der Waals surface area (Å²) in [7, 11) is -3.53. The molecule has 1 aromatic carbocycles. The summed E-state index contributed by atoms with van der Waals surface area (Å²) in [6, 6.07) is 4.11. The Hall–Kier alpha value is -0.660. The Morgan fingerprint density at radius 3 is 2.72 bits per heavy atom. The van der Waals surface area contributed by atoms with Crippen LogP contribution in [-0.4, -0.2) is 27.3 Å². The second-order valence-corrected chi connectivity index (χ2v) is 6.55. The summed E-state index contributed by atoms with van der Waals surface area (Å²) in [4.78, 5) is 0. The molecule has 0 saturated carbocycles. The van der Waals surface area contributed by atoms with Crippen LogP contribution in [0.3, 0.4) is 0 Å². The van der Waals surface area contributed by atoms with Crippen LogP contribution in [0.25, 0.3) is 0 Å². The van der Waals surface area contributed by atoms with Gasteiger partial charge < -0.3 is 5.32 Å². The zero-order chi connectivity index (χ0) is 13.6. The van der Waals surface area contributed by atoms with Crippen LogP contribution in [0.1, 0.15) is 13.3 Å². The summed E-state index contributed by atoms with van der Waals surface area (Å²) in [5, 5.41) is 2.98. The van der Waals surface area contributed by atoms with E-state index >= 15 is 0 Å². The van der Waals surface area contributed by atoms with E-state index in [0.717, 1.165) is 13.0 Å². The predicted molar refractivity (Wildman–Crippen MR) is 74.7 cm³/mol. The number of rotatable bonds is 7. The molecule has 0 fully saturated rings. The lowest BCUT2D eigenvalue weighted by atomic mass is 10.3. The molecule has 0 unspecified atom stereocenters. The first-order valence-corrected chi connectivity index (χ1v) is 8.05. The molecule has 0 aliphatic rings. The minimum atomic E-state index is -3.53. The molecule has 1 aromatic rings. The van der Waals surface area contributed by atoms with E-state index in [1.54, 1.807) is 0 Å². The van der Waals surface area contributed by atoms with Gasteiger partial charge in [-0.3, -0.25) is 4.72 Å². The molecular weight excluding hydrogens is 323 g/mol. The number of anilines is 1. The van der Waals surface area contributed by atoms with Gasteiger partial charge in [-0.05, 0) is 31.2 Å². The van der Waals surface area contributed by atoms with Crippen molar-refractivity contribution in [1.29, 1.82) is 0 Å². The monoisotopic (exact) mass is 338 g/mol. The van der Waals surface area contributed by atoms with Gasteiger partial charge in [-0.2, -0.15) is 0 Å². The maximum absolute atomic E-state index is 13.4. The number of sulfonamides is 1. The summed E-state index contributed by atoms with van der Waals surface area (Å²) in [5.74, 6) is -0.679. The van der Waals surface area contributed by atoms with Crippen molar-refractivity contribution < 1.29 is 12.8 Å². The molecule has 0 radical (unpaired) electrons. The largest absolute Gasteiger partial charge is 0.316 e. The lowest BCUT2D eigenvalue weighted by Gasteiger charge is -2.09. The molecule has 1 rings (SSSR count). The van der Waals surface area contributed by atoms with Crippen molar-refractivity contribution in [3.05, 3.63) is 28.5 Å². The van der Waals surface area contributed by atoms with E-state index in [4.69, 9.17) is 0 Å². The van der Waals surface area contributed by atoms with Crippen LogP contribution >= 0.6 is 15.9 Å². The lowest BCUT2D eigenvalue weighted by molar-refractivity contribution is 0.593. The van der Waals surface area contributed by atoms with Crippen LogP contribution in [-0.2, 0) is 10.0 Å². The normalized spacial score (nSPS) is 11.5. The molecule has 0 heterocycles. The van der Waals surface area contributed by atoms with Crippen molar-refractivity contribution >= 4 is 31.6 Å². The Bertz CT molecular complexity index is 494. The third kappa shape index (κ3) is 5.32. The second-order valence-electron chi connectivity index (χ2n) is 3.80. The fourth-order valence-corrected chi connectivity index (χ4v) is 2.67. The Balaban J connectivity index is 2.62. The fraction of sp³-hybridized carbons (Fsp3) is 0.455. The van der Waals surface area contributed by atoms with E-state index in [-0.39, 0.29) is 11.4 Å². The minimum absolute atomic E-state index is 0.0418. The lowest BCUT2D eigenvalue weighted by Crippen LogP contribution is -2.27. The van der Waals surface area contributed by atoms with Gasteiger partial charge in [-0.1, -0.05) is 22.9 Å². The van der Waals surface area contributed by atoms with E-state index in [9.17, 15) is 12.8 Å². The highest BCUT2D eigenvalue weighted by molar-refractivity contribution is 9.10. The number of benzene rings is 1. The van der Waals surface area contributed by atoms with Crippen molar-refractivity contribution in [1.82, 2.24) is 5.32 Å². The van der Waals surface area contributed by atoms with Gasteiger partial charge in [0.15, 0.2) is 0 Å². The Morgan fingerprint density at radius 1 is 1.33 bits per heavy atom. The highest BCUT2D eigenvalue weighted by Gasteiger charge is 2.13. The van der Waals surface area contributed by atoms with Gasteiger partial charge in [0.2, 0.25) is 10.0 Å². The average Bonchev–Trinajstić information content (AvgIpc) is 2.29. The van der Waals surface area contributed by atoms with Gasteiger partial charge in [-0.25, -0.2) is 12.8 Å². The smallest absolute Gasteiger partial charge is 0.234 e. The van der Waals surface area contributed by atoms with Gasteiger partial charge in [-0.15, -0.1) is 0 Å². The van der Waals surface area contributed by atoms with Crippen LogP contribution in [0.15, 0.2) is 22.7 Å². The highest BCUT2D eigenvalue weighted by Crippen LogP contribution is 2.20. The molecule has 0 bridgehead atoms. The molecule has 0 atom stereocenters. The number of nitrogens with one attached hydrogen (secondary N) is 2. The van der Waals surface area contributed by atoms with E-state index in [2.05, 4.69) is 26.0 Å². The molecule has 18 heavy (non-hydrogen) atoms. The first kappa shape index (κ1) is 15.4. The van der Waals surface area contributed by atoms with Crippen LogP contribution in [0.4, 0.5) is 10.1 Å². The van der Waals surface area contributed by atoms with Crippen LogP contribution in [0, 0.1) is 5.82 Å². The summed E-state index contributed by atoms with van der Waals surface area (Å²) in [6.07, 6.45) is 0.938. The summed E-state index contributed by atoms with van der Waals surface area (Å²) >= 11 is 3.16. The average molecular weight is 339 g/mol. The maximum Gasteiger partial charge on any atom is 0.234 e. The zero-order valence-corrected chi connectivity index (χ0v) is 12.4. The molecule has 0 amide bonds. The van der Waals surface area contributed by atoms with E-state index in [0.29, 0.717) is 11.0 Å². The Morgan fingerprint density at radius 2 is 2.06 bits per heavy atom. The molecule has 0 aliphatic carbocycles. The number of halogens is 2. The third-order valence-electron chi connectivity index (χ3n) is 2.17. The Labute approximate surface area is 115 Å². The molecule has 4 nitrogen and oxygen atoms in total. The van der Waals surface area contributed by atoms with Crippen molar-refractivity contribution in [2.45, 2.75) is 13.3 Å². The van der Waals surface area contributed by atoms with Crippen molar-refractivity contribution in [2.75, 3.05) is 23.6 Å². The standard InChI is InChI=1S/C11H16BrFN2O2S/c1-2-5-14-6-7-18(16,17)15-11-8-9(12)3-4-10(11)13/h3-4,8,14-15H,2,5-7H2,1H3. The van der Waals surface area contributed by atoms with Gasteiger partial charge >= 0.3 is 0 Å². The van der Waals surface area contributed by atoms with E-state index < -0.39 is 15.8 Å². The van der Waals surface area contributed by atoms with Crippen molar-refractivity contribution in [2.24, 2.45) is 0 Å². The second kappa shape index (κ2) is 7.06. The van der Waals surface area contributed by atoms with Crippen LogP contribution in [0.5, 0.6) is 0 Å². The van der Waals surface area contributed by atoms with Crippen molar-refractivity contribution in [3.8, 4) is 0 Å². The molecule has 102 valence electrons. The fourth-order valence-electron chi connectivity index (χ4n) is 1.30. The van der Waals surface area contributed by atoms with Crippen molar-refractivity contribution in [3.63, 3.8) is 0 Å². The molecule has 0 aromatic heterocycles. The molecular formula is C11H16BrFN2O2S. The topological polar surface area (TPSA) is 58.2 Å². The predicted octanol–water partition coefficient (Wildman–Crippen LogP) is 2.33. The summed E-state index contributed by atoms with van der Waals surface area (Å²) in [6.45, 7) is 3.11. The quantitative estimate of drug-likeness (QED) is 0.750. The third-order valence-corrected chi connectivity index (χ3v) is 3.93. The summed E-state index contributed by atoms with van der Waals surface area (Å²) in [5.41, 5.74) is -0.0418. The van der Waals surface area contributed by atoms with Gasteiger partial charge in [0.1, 0.15) is 5.82 Å². The van der Waals surface area contributed by atoms with Gasteiger partial charge in [0, 0.05) is 11.0 Å². The van der Waals surface area contributed by atoms with E-state index in [1.165, 1.54) is 18.2 Å². The molecule has 0 aliphatic heterocycles. The number of hydrogen-bond acceptors (Lipinski definition) is 3. The highest BCUT2D eigenvalue weighted by atomic mass is 79.9. The molecule has 0 spiro atoms. The van der Waals surface area contributed by atoms with Gasteiger partial charge in [0.25, 0.3) is 0 Å². The summed E-state index contributed by atoms with van der Waals surface area (Å²) < 4.78 is 39.6. The SMILES string of the molecule is CCCNCCS(=O)(=O)Nc1cc(Br)ccc1F. The molecule has 2 N–H and O–H groups in total. The molecule has 0 saturated heterocycles. The molecule has 7 heteroatoms. The van der Waals surface area contributed by atoms with Gasteiger partial charge in [0.05, 0.1) is 11.4 Å². The van der Waals surface area contributed by atoms with E-state index in [1.807, 2.05) is 6.92 Å². The minimum Gasteiger partial charge on any atom is -0.316 e. The first-order chi connectivity index (χ1) is 8.44. The first-order valence-electron chi connectivity index (χ1n) is 5.61.